The minimum atomic E-state index is 0.236. The number of unbranched alkanes of at least 4 members (excludes halogenated alkanes) is 4. The molecule has 0 radical (unpaired) electrons. The maximum atomic E-state index is 11.5. The first kappa shape index (κ1) is 12.5. The van der Waals surface area contributed by atoms with Crippen LogP contribution in [0.15, 0.2) is 0 Å². The molecular formula is C12H24N2O. The van der Waals surface area contributed by atoms with Crippen molar-refractivity contribution in [1.82, 2.24) is 10.6 Å². The molecule has 1 fully saturated rings. The topological polar surface area (TPSA) is 41.1 Å². The number of amides is 1. The average molecular weight is 212 g/mol. The Labute approximate surface area is 93.0 Å². The largest absolute Gasteiger partial charge is 0.352 e. The first-order valence-electron chi connectivity index (χ1n) is 6.33. The molecule has 0 aromatic rings. The Morgan fingerprint density at radius 1 is 1.33 bits per heavy atom. The lowest BCUT2D eigenvalue weighted by molar-refractivity contribution is -0.121. The van der Waals surface area contributed by atoms with Gasteiger partial charge in [-0.2, -0.15) is 0 Å². The smallest absolute Gasteiger partial charge is 0.220 e. The van der Waals surface area contributed by atoms with E-state index in [0.717, 1.165) is 25.9 Å². The van der Waals surface area contributed by atoms with Gasteiger partial charge in [-0.15, -0.1) is 0 Å². The third kappa shape index (κ3) is 5.78. The molecule has 0 aromatic heterocycles. The second-order valence-corrected chi connectivity index (χ2v) is 4.42. The van der Waals surface area contributed by atoms with Crippen LogP contribution in [0.3, 0.4) is 0 Å². The summed E-state index contributed by atoms with van der Waals surface area (Å²) in [6.45, 7) is 4.20. The lowest BCUT2D eigenvalue weighted by Gasteiger charge is -2.10. The van der Waals surface area contributed by atoms with E-state index in [1.165, 1.54) is 25.7 Å². The second kappa shape index (κ2) is 7.69. The third-order valence-corrected chi connectivity index (χ3v) is 2.93. The normalized spacial score (nSPS) is 20.5. The van der Waals surface area contributed by atoms with E-state index in [-0.39, 0.29) is 5.91 Å². The van der Waals surface area contributed by atoms with Gasteiger partial charge in [0.05, 0.1) is 0 Å². The Hall–Kier alpha value is -0.570. The molecule has 0 unspecified atom stereocenters. The first-order chi connectivity index (χ1) is 7.33. The van der Waals surface area contributed by atoms with E-state index in [9.17, 15) is 4.79 Å². The standard InChI is InChI=1S/C12H24N2O/c1-2-3-4-5-6-7-12(15)14-11-8-9-13-10-11/h11,13H,2-10H2,1H3,(H,14,15)/t11-/m1/s1. The van der Waals surface area contributed by atoms with Gasteiger partial charge in [0.1, 0.15) is 0 Å². The molecule has 0 saturated carbocycles. The second-order valence-electron chi connectivity index (χ2n) is 4.42. The molecule has 1 aliphatic rings. The molecule has 3 heteroatoms. The van der Waals surface area contributed by atoms with Crippen LogP contribution in [0.4, 0.5) is 0 Å². The predicted molar refractivity (Wildman–Crippen MR) is 62.8 cm³/mol. The number of rotatable bonds is 7. The Kier molecular flexibility index (Phi) is 6.41. The van der Waals surface area contributed by atoms with Crippen LogP contribution in [0.25, 0.3) is 0 Å². The lowest BCUT2D eigenvalue weighted by Crippen LogP contribution is -2.35. The average Bonchev–Trinajstić information content (AvgIpc) is 2.70. The number of hydrogen-bond acceptors (Lipinski definition) is 2. The van der Waals surface area contributed by atoms with Gasteiger partial charge in [0.15, 0.2) is 0 Å². The molecule has 0 spiro atoms. The van der Waals surface area contributed by atoms with Gasteiger partial charge in [-0.05, 0) is 19.4 Å². The molecule has 88 valence electrons. The minimum absolute atomic E-state index is 0.236. The van der Waals surface area contributed by atoms with E-state index in [2.05, 4.69) is 17.6 Å². The van der Waals surface area contributed by atoms with Crippen molar-refractivity contribution in [3.63, 3.8) is 0 Å². The molecule has 3 nitrogen and oxygen atoms in total. The van der Waals surface area contributed by atoms with Crippen LogP contribution in [0, 0.1) is 0 Å². The molecule has 1 heterocycles. The molecular weight excluding hydrogens is 188 g/mol. The number of hydrogen-bond donors (Lipinski definition) is 2. The van der Waals surface area contributed by atoms with Gasteiger partial charge in [0, 0.05) is 19.0 Å². The van der Waals surface area contributed by atoms with Gasteiger partial charge in [-0.25, -0.2) is 0 Å². The fourth-order valence-corrected chi connectivity index (χ4v) is 1.97. The summed E-state index contributed by atoms with van der Waals surface area (Å²) in [5.41, 5.74) is 0. The van der Waals surface area contributed by atoms with Crippen molar-refractivity contribution in [3.8, 4) is 0 Å². The van der Waals surface area contributed by atoms with Crippen LogP contribution >= 0.6 is 0 Å². The van der Waals surface area contributed by atoms with Crippen molar-refractivity contribution in [3.05, 3.63) is 0 Å². The molecule has 0 aromatic carbocycles. The summed E-state index contributed by atoms with van der Waals surface area (Å²) in [6.07, 6.45) is 7.88. The summed E-state index contributed by atoms with van der Waals surface area (Å²) < 4.78 is 0. The fraction of sp³-hybridized carbons (Fsp3) is 0.917. The summed E-state index contributed by atoms with van der Waals surface area (Å²) in [6, 6.07) is 0.383. The molecule has 1 saturated heterocycles. The van der Waals surface area contributed by atoms with Gasteiger partial charge in [0.2, 0.25) is 5.91 Å². The van der Waals surface area contributed by atoms with E-state index in [1.807, 2.05) is 0 Å². The summed E-state index contributed by atoms with van der Waals surface area (Å²) >= 11 is 0. The quantitative estimate of drug-likeness (QED) is 0.632. The SMILES string of the molecule is CCCCCCCC(=O)N[C@@H]1CCNC1. The van der Waals surface area contributed by atoms with Crippen LogP contribution in [0.1, 0.15) is 51.9 Å². The molecule has 1 aliphatic heterocycles. The molecule has 1 rings (SSSR count). The van der Waals surface area contributed by atoms with E-state index in [1.54, 1.807) is 0 Å². The minimum Gasteiger partial charge on any atom is -0.352 e. The zero-order valence-corrected chi connectivity index (χ0v) is 9.85. The van der Waals surface area contributed by atoms with E-state index in [4.69, 9.17) is 0 Å². The highest BCUT2D eigenvalue weighted by Crippen LogP contribution is 2.05. The van der Waals surface area contributed by atoms with Crippen molar-refractivity contribution in [2.45, 2.75) is 57.9 Å². The fourth-order valence-electron chi connectivity index (χ4n) is 1.97. The third-order valence-electron chi connectivity index (χ3n) is 2.93. The Bertz CT molecular complexity index is 176. The van der Waals surface area contributed by atoms with Crippen molar-refractivity contribution in [1.29, 1.82) is 0 Å². The van der Waals surface area contributed by atoms with Gasteiger partial charge in [-0.1, -0.05) is 32.6 Å². The van der Waals surface area contributed by atoms with Crippen molar-refractivity contribution in [2.75, 3.05) is 13.1 Å². The van der Waals surface area contributed by atoms with Crippen LogP contribution < -0.4 is 10.6 Å². The highest BCUT2D eigenvalue weighted by atomic mass is 16.1. The Morgan fingerprint density at radius 2 is 2.13 bits per heavy atom. The van der Waals surface area contributed by atoms with E-state index >= 15 is 0 Å². The number of carbonyl (C=O) groups is 1. The molecule has 15 heavy (non-hydrogen) atoms. The van der Waals surface area contributed by atoms with Crippen LogP contribution in [0.5, 0.6) is 0 Å². The summed E-state index contributed by atoms with van der Waals surface area (Å²) in [5.74, 6) is 0.236. The molecule has 0 aliphatic carbocycles. The Morgan fingerprint density at radius 3 is 2.80 bits per heavy atom. The van der Waals surface area contributed by atoms with Gasteiger partial charge >= 0.3 is 0 Å². The summed E-state index contributed by atoms with van der Waals surface area (Å²) in [4.78, 5) is 11.5. The van der Waals surface area contributed by atoms with Crippen LogP contribution in [-0.2, 0) is 4.79 Å². The molecule has 1 amide bonds. The van der Waals surface area contributed by atoms with Crippen LogP contribution in [0.2, 0.25) is 0 Å². The van der Waals surface area contributed by atoms with Crippen molar-refractivity contribution in [2.24, 2.45) is 0 Å². The zero-order chi connectivity index (χ0) is 10.9. The highest BCUT2D eigenvalue weighted by molar-refractivity contribution is 5.76. The maximum Gasteiger partial charge on any atom is 0.220 e. The van der Waals surface area contributed by atoms with E-state index < -0.39 is 0 Å². The molecule has 1 atom stereocenters. The van der Waals surface area contributed by atoms with Gasteiger partial charge in [0.25, 0.3) is 0 Å². The van der Waals surface area contributed by atoms with Gasteiger partial charge in [-0.3, -0.25) is 4.79 Å². The number of carbonyl (C=O) groups excluding carboxylic acids is 1. The van der Waals surface area contributed by atoms with Crippen molar-refractivity contribution >= 4 is 5.91 Å². The van der Waals surface area contributed by atoms with Gasteiger partial charge < -0.3 is 10.6 Å². The Balaban J connectivity index is 1.93. The maximum absolute atomic E-state index is 11.5. The first-order valence-corrected chi connectivity index (χ1v) is 6.33. The summed E-state index contributed by atoms with van der Waals surface area (Å²) in [7, 11) is 0. The van der Waals surface area contributed by atoms with Crippen LogP contribution in [-0.4, -0.2) is 25.0 Å². The zero-order valence-electron chi connectivity index (χ0n) is 9.85. The lowest BCUT2D eigenvalue weighted by atomic mass is 10.1. The predicted octanol–water partition coefficient (Wildman–Crippen LogP) is 1.82. The van der Waals surface area contributed by atoms with Crippen molar-refractivity contribution < 1.29 is 4.79 Å². The monoisotopic (exact) mass is 212 g/mol. The molecule has 0 bridgehead atoms. The highest BCUT2D eigenvalue weighted by Gasteiger charge is 2.15. The number of nitrogens with one attached hydrogen (secondary N) is 2. The molecule has 2 N–H and O–H groups in total. The van der Waals surface area contributed by atoms with E-state index in [0.29, 0.717) is 12.5 Å². The summed E-state index contributed by atoms with van der Waals surface area (Å²) in [5, 5.41) is 6.32.